The zero-order valence-electron chi connectivity index (χ0n) is 16.3. The van der Waals surface area contributed by atoms with E-state index in [1.807, 2.05) is 13.8 Å². The first-order chi connectivity index (χ1) is 13.7. The molecule has 5 nitrogen and oxygen atoms in total. The molecule has 7 heteroatoms. The molecule has 0 saturated carbocycles. The molecule has 1 amide bonds. The van der Waals surface area contributed by atoms with Gasteiger partial charge in [0.15, 0.2) is 0 Å². The summed E-state index contributed by atoms with van der Waals surface area (Å²) in [7, 11) is -3.74. The molecule has 0 fully saturated rings. The van der Waals surface area contributed by atoms with Gasteiger partial charge in [-0.2, -0.15) is 0 Å². The van der Waals surface area contributed by atoms with Crippen LogP contribution in [0.25, 0.3) is 0 Å². The van der Waals surface area contributed by atoms with Gasteiger partial charge in [-0.15, -0.1) is 0 Å². The molecule has 0 aromatic heterocycles. The summed E-state index contributed by atoms with van der Waals surface area (Å²) in [6.45, 7) is 5.55. The molecule has 0 heterocycles. The van der Waals surface area contributed by atoms with E-state index in [2.05, 4.69) is 10.0 Å². The van der Waals surface area contributed by atoms with Crippen molar-refractivity contribution in [2.75, 3.05) is 10.0 Å². The smallest absolute Gasteiger partial charge is 0.261 e. The topological polar surface area (TPSA) is 75.3 Å². The second-order valence-corrected chi connectivity index (χ2v) is 8.55. The van der Waals surface area contributed by atoms with Crippen LogP contribution in [0.4, 0.5) is 15.8 Å². The molecule has 0 atom stereocenters. The maximum Gasteiger partial charge on any atom is 0.261 e. The van der Waals surface area contributed by atoms with E-state index in [1.54, 1.807) is 37.3 Å². The number of nitrogens with one attached hydrogen (secondary N) is 2. The minimum Gasteiger partial charge on any atom is -0.319 e. The summed E-state index contributed by atoms with van der Waals surface area (Å²) in [5, 5.41) is 2.52. The van der Waals surface area contributed by atoms with Crippen LogP contribution in [0.15, 0.2) is 65.6 Å². The van der Waals surface area contributed by atoms with E-state index in [1.165, 1.54) is 30.3 Å². The van der Waals surface area contributed by atoms with Gasteiger partial charge in [0.25, 0.3) is 15.9 Å². The lowest BCUT2D eigenvalue weighted by molar-refractivity contribution is 0.102. The molecule has 3 aromatic carbocycles. The van der Waals surface area contributed by atoms with Crippen LogP contribution in [0.1, 0.15) is 27.0 Å². The van der Waals surface area contributed by atoms with Crippen LogP contribution in [0.5, 0.6) is 0 Å². The van der Waals surface area contributed by atoms with Crippen LogP contribution < -0.4 is 10.0 Å². The summed E-state index contributed by atoms with van der Waals surface area (Å²) in [6, 6.07) is 15.3. The third-order valence-electron chi connectivity index (χ3n) is 4.56. The van der Waals surface area contributed by atoms with E-state index in [-0.39, 0.29) is 16.1 Å². The highest BCUT2D eigenvalue weighted by Crippen LogP contribution is 2.20. The molecule has 3 rings (SSSR count). The first-order valence-corrected chi connectivity index (χ1v) is 10.4. The van der Waals surface area contributed by atoms with Crippen molar-refractivity contribution in [1.29, 1.82) is 0 Å². The van der Waals surface area contributed by atoms with Gasteiger partial charge >= 0.3 is 0 Å². The van der Waals surface area contributed by atoms with Gasteiger partial charge < -0.3 is 5.32 Å². The highest BCUT2D eigenvalue weighted by molar-refractivity contribution is 7.92. The minimum atomic E-state index is -3.74. The Bertz CT molecular complexity index is 1170. The SMILES string of the molecule is Cc1ccc(F)c(NC(=O)c2ccc(NS(=O)(=O)c3ccc(C)c(C)c3)cc2)c1. The standard InChI is InChI=1S/C22H21FN2O3S/c1-14-4-11-20(23)21(12-14)24-22(26)17-6-8-18(9-7-17)25-29(27,28)19-10-5-15(2)16(3)13-19/h4-13,25H,1-3H3,(H,24,26). The van der Waals surface area contributed by atoms with Crippen LogP contribution in [-0.4, -0.2) is 14.3 Å². The van der Waals surface area contributed by atoms with Crippen molar-refractivity contribution in [3.05, 3.63) is 88.7 Å². The van der Waals surface area contributed by atoms with Crippen molar-refractivity contribution in [2.24, 2.45) is 0 Å². The Kier molecular flexibility index (Phi) is 5.70. The van der Waals surface area contributed by atoms with E-state index in [0.29, 0.717) is 5.69 Å². The Labute approximate surface area is 169 Å². The molecular weight excluding hydrogens is 391 g/mol. The number of amides is 1. The molecule has 150 valence electrons. The molecule has 2 N–H and O–H groups in total. The molecule has 0 unspecified atom stereocenters. The summed E-state index contributed by atoms with van der Waals surface area (Å²) in [5.41, 5.74) is 3.39. The molecule has 0 saturated heterocycles. The summed E-state index contributed by atoms with van der Waals surface area (Å²) in [5.74, 6) is -1.01. The molecule has 0 aliphatic carbocycles. The summed E-state index contributed by atoms with van der Waals surface area (Å²) in [4.78, 5) is 12.5. The number of anilines is 2. The van der Waals surface area contributed by atoms with Gasteiger partial charge in [-0.1, -0.05) is 12.1 Å². The lowest BCUT2D eigenvalue weighted by atomic mass is 10.1. The van der Waals surface area contributed by atoms with E-state index in [4.69, 9.17) is 0 Å². The Balaban J connectivity index is 1.75. The van der Waals surface area contributed by atoms with Crippen molar-refractivity contribution in [3.8, 4) is 0 Å². The molecule has 0 aliphatic rings. The van der Waals surface area contributed by atoms with Crippen molar-refractivity contribution in [1.82, 2.24) is 0 Å². The average Bonchev–Trinajstić information content (AvgIpc) is 2.67. The maximum absolute atomic E-state index is 13.8. The average molecular weight is 412 g/mol. The number of carbonyl (C=O) groups excluding carboxylic acids is 1. The van der Waals surface area contributed by atoms with Crippen LogP contribution in [0, 0.1) is 26.6 Å². The van der Waals surface area contributed by atoms with E-state index < -0.39 is 21.7 Å². The van der Waals surface area contributed by atoms with Gasteiger partial charge in [0.05, 0.1) is 10.6 Å². The van der Waals surface area contributed by atoms with Gasteiger partial charge in [-0.05, 0) is 86.0 Å². The van der Waals surface area contributed by atoms with Crippen molar-refractivity contribution >= 4 is 27.3 Å². The number of benzene rings is 3. The van der Waals surface area contributed by atoms with E-state index >= 15 is 0 Å². The Morgan fingerprint density at radius 3 is 2.21 bits per heavy atom. The summed E-state index contributed by atoms with van der Waals surface area (Å²) >= 11 is 0. The first-order valence-electron chi connectivity index (χ1n) is 8.93. The van der Waals surface area contributed by atoms with Crippen molar-refractivity contribution in [2.45, 2.75) is 25.7 Å². The number of sulfonamides is 1. The minimum absolute atomic E-state index is 0.0921. The van der Waals surface area contributed by atoms with Crippen LogP contribution in [0.2, 0.25) is 0 Å². The molecular formula is C22H21FN2O3S. The number of halogens is 1. The summed E-state index contributed by atoms with van der Waals surface area (Å²) in [6.07, 6.45) is 0. The van der Waals surface area contributed by atoms with E-state index in [9.17, 15) is 17.6 Å². The normalized spacial score (nSPS) is 11.2. The second kappa shape index (κ2) is 8.05. The number of aryl methyl sites for hydroxylation is 3. The molecule has 0 spiro atoms. The first kappa shape index (κ1) is 20.5. The van der Waals surface area contributed by atoms with Gasteiger partial charge in [0.1, 0.15) is 5.82 Å². The third-order valence-corrected chi connectivity index (χ3v) is 5.94. The quantitative estimate of drug-likeness (QED) is 0.632. The zero-order chi connectivity index (χ0) is 21.2. The van der Waals surface area contributed by atoms with Crippen molar-refractivity contribution < 1.29 is 17.6 Å². The number of carbonyl (C=O) groups is 1. The third kappa shape index (κ3) is 4.81. The number of hydrogen-bond donors (Lipinski definition) is 2. The Hall–Kier alpha value is -3.19. The molecule has 0 bridgehead atoms. The van der Waals surface area contributed by atoms with Gasteiger partial charge in [-0.25, -0.2) is 12.8 Å². The predicted molar refractivity (Wildman–Crippen MR) is 112 cm³/mol. The lowest BCUT2D eigenvalue weighted by Gasteiger charge is -2.11. The molecule has 0 aliphatic heterocycles. The van der Waals surface area contributed by atoms with Gasteiger partial charge in [-0.3, -0.25) is 9.52 Å². The maximum atomic E-state index is 13.8. The molecule has 3 aromatic rings. The highest BCUT2D eigenvalue weighted by Gasteiger charge is 2.16. The largest absolute Gasteiger partial charge is 0.319 e. The van der Waals surface area contributed by atoms with Crippen LogP contribution in [-0.2, 0) is 10.0 Å². The fraction of sp³-hybridized carbons (Fsp3) is 0.136. The van der Waals surface area contributed by atoms with Crippen LogP contribution in [0.3, 0.4) is 0 Å². The highest BCUT2D eigenvalue weighted by atomic mass is 32.2. The monoisotopic (exact) mass is 412 g/mol. The zero-order valence-corrected chi connectivity index (χ0v) is 17.1. The number of hydrogen-bond acceptors (Lipinski definition) is 3. The van der Waals surface area contributed by atoms with E-state index in [0.717, 1.165) is 16.7 Å². The summed E-state index contributed by atoms with van der Waals surface area (Å²) < 4.78 is 41.4. The Morgan fingerprint density at radius 1 is 0.862 bits per heavy atom. The van der Waals surface area contributed by atoms with Gasteiger partial charge in [0.2, 0.25) is 0 Å². The molecule has 0 radical (unpaired) electrons. The number of rotatable bonds is 5. The second-order valence-electron chi connectivity index (χ2n) is 6.87. The fourth-order valence-electron chi connectivity index (χ4n) is 2.71. The fourth-order valence-corrected chi connectivity index (χ4v) is 3.86. The van der Waals surface area contributed by atoms with Crippen LogP contribution >= 0.6 is 0 Å². The Morgan fingerprint density at radius 2 is 1.55 bits per heavy atom. The van der Waals surface area contributed by atoms with Crippen molar-refractivity contribution in [3.63, 3.8) is 0 Å². The predicted octanol–water partition coefficient (Wildman–Crippen LogP) is 4.80. The lowest BCUT2D eigenvalue weighted by Crippen LogP contribution is -2.15. The molecule has 29 heavy (non-hydrogen) atoms. The van der Waals surface area contributed by atoms with Gasteiger partial charge in [0, 0.05) is 11.3 Å².